The van der Waals surface area contributed by atoms with Crippen LogP contribution in [0.2, 0.25) is 5.15 Å². The van der Waals surface area contributed by atoms with Crippen molar-refractivity contribution < 1.29 is 4.74 Å². The number of rotatable bonds is 8. The molecule has 1 aliphatic heterocycles. The van der Waals surface area contributed by atoms with Gasteiger partial charge in [0.1, 0.15) is 5.15 Å². The summed E-state index contributed by atoms with van der Waals surface area (Å²) < 4.78 is 5.73. The van der Waals surface area contributed by atoms with E-state index in [9.17, 15) is 0 Å². The molecular weight excluding hydrogens is 533 g/mol. The number of pyridine rings is 1. The van der Waals surface area contributed by atoms with Crippen LogP contribution < -0.4 is 10.6 Å². The number of aromatic nitrogens is 1. The molecule has 6 nitrogen and oxygen atoms in total. The lowest BCUT2D eigenvalue weighted by atomic mass is 10.1. The van der Waals surface area contributed by atoms with Crippen LogP contribution in [-0.2, 0) is 11.2 Å². The number of hydrogen-bond acceptors (Lipinski definition) is 5. The first-order chi connectivity index (χ1) is 14.2. The SMILES string of the molecule is CCNC(=NCC(c1cccs1)N1CCOC(C)C1)NCCc1ccc(Cl)nc1.I. The maximum Gasteiger partial charge on any atom is 0.191 e. The lowest BCUT2D eigenvalue weighted by molar-refractivity contribution is -0.0327. The minimum Gasteiger partial charge on any atom is -0.376 e. The Hall–Kier alpha value is -0.940. The molecular formula is C21H31ClIN5OS. The van der Waals surface area contributed by atoms with Crippen molar-refractivity contribution in [2.75, 3.05) is 39.3 Å². The van der Waals surface area contributed by atoms with E-state index in [1.165, 1.54) is 4.88 Å². The molecule has 0 aliphatic carbocycles. The quantitative estimate of drug-likeness (QED) is 0.220. The number of guanidine groups is 1. The molecule has 0 radical (unpaired) electrons. The van der Waals surface area contributed by atoms with E-state index in [0.717, 1.165) is 50.7 Å². The summed E-state index contributed by atoms with van der Waals surface area (Å²) in [5.41, 5.74) is 1.15. The zero-order valence-corrected chi connectivity index (χ0v) is 21.4. The van der Waals surface area contributed by atoms with Crippen molar-refractivity contribution in [2.45, 2.75) is 32.4 Å². The normalized spacial score (nSPS) is 18.5. The highest BCUT2D eigenvalue weighted by Gasteiger charge is 2.26. The Kier molecular flexibility index (Phi) is 11.4. The molecule has 2 N–H and O–H groups in total. The summed E-state index contributed by atoms with van der Waals surface area (Å²) in [6.45, 7) is 9.20. The molecule has 2 unspecified atom stereocenters. The summed E-state index contributed by atoms with van der Waals surface area (Å²) in [5, 5.41) is 9.45. The van der Waals surface area contributed by atoms with Crippen molar-refractivity contribution in [3.8, 4) is 0 Å². The van der Waals surface area contributed by atoms with Gasteiger partial charge in [-0.25, -0.2) is 4.98 Å². The highest BCUT2D eigenvalue weighted by molar-refractivity contribution is 14.0. The van der Waals surface area contributed by atoms with Gasteiger partial charge in [0.2, 0.25) is 0 Å². The maximum absolute atomic E-state index is 5.86. The Bertz CT molecular complexity index is 759. The van der Waals surface area contributed by atoms with Crippen molar-refractivity contribution >= 4 is 52.9 Å². The molecule has 30 heavy (non-hydrogen) atoms. The smallest absolute Gasteiger partial charge is 0.191 e. The first-order valence-corrected chi connectivity index (χ1v) is 11.4. The Balaban J connectivity index is 0.00000320. The zero-order valence-electron chi connectivity index (χ0n) is 17.5. The molecule has 1 saturated heterocycles. The predicted molar refractivity (Wildman–Crippen MR) is 136 cm³/mol. The van der Waals surface area contributed by atoms with Crippen molar-refractivity contribution in [1.82, 2.24) is 20.5 Å². The van der Waals surface area contributed by atoms with Gasteiger partial charge < -0.3 is 15.4 Å². The third-order valence-electron chi connectivity index (χ3n) is 4.85. The Morgan fingerprint density at radius 3 is 2.93 bits per heavy atom. The predicted octanol–water partition coefficient (Wildman–Crippen LogP) is 3.97. The highest BCUT2D eigenvalue weighted by atomic mass is 127. The second kappa shape index (κ2) is 13.5. The third-order valence-corrected chi connectivity index (χ3v) is 6.04. The van der Waals surface area contributed by atoms with Crippen molar-refractivity contribution in [1.29, 1.82) is 0 Å². The second-order valence-corrected chi connectivity index (χ2v) is 8.46. The van der Waals surface area contributed by atoms with Gasteiger partial charge in [-0.15, -0.1) is 35.3 Å². The molecule has 3 heterocycles. The van der Waals surface area contributed by atoms with Crippen LogP contribution in [0.25, 0.3) is 0 Å². The van der Waals surface area contributed by atoms with Crippen LogP contribution in [0.15, 0.2) is 40.8 Å². The van der Waals surface area contributed by atoms with Gasteiger partial charge in [-0.2, -0.15) is 0 Å². The van der Waals surface area contributed by atoms with Gasteiger partial charge in [-0.3, -0.25) is 9.89 Å². The van der Waals surface area contributed by atoms with Crippen LogP contribution in [0, 0.1) is 0 Å². The molecule has 0 spiro atoms. The Labute approximate surface area is 205 Å². The van der Waals surface area contributed by atoms with Crippen molar-refractivity contribution in [3.63, 3.8) is 0 Å². The standard InChI is InChI=1S/C21H30ClN5OS.HI/c1-3-23-21(24-9-8-17-6-7-20(22)25-13-17)26-14-18(19-5-4-12-29-19)27-10-11-28-16(2)15-27;/h4-7,12-13,16,18H,3,8-11,14-15H2,1-2H3,(H2,23,24,26);1H. The molecule has 0 saturated carbocycles. The lowest BCUT2D eigenvalue weighted by Crippen LogP contribution is -2.44. The Morgan fingerprint density at radius 2 is 2.27 bits per heavy atom. The number of halogens is 2. The fourth-order valence-corrected chi connectivity index (χ4v) is 4.36. The minimum atomic E-state index is 0. The highest BCUT2D eigenvalue weighted by Crippen LogP contribution is 2.27. The van der Waals surface area contributed by atoms with E-state index in [1.807, 2.05) is 18.3 Å². The van der Waals surface area contributed by atoms with E-state index >= 15 is 0 Å². The van der Waals surface area contributed by atoms with Crippen LogP contribution in [-0.4, -0.2) is 61.3 Å². The maximum atomic E-state index is 5.86. The first kappa shape index (κ1) is 25.3. The van der Waals surface area contributed by atoms with E-state index in [1.54, 1.807) is 11.3 Å². The van der Waals surface area contributed by atoms with Gasteiger partial charge >= 0.3 is 0 Å². The van der Waals surface area contributed by atoms with E-state index in [4.69, 9.17) is 21.3 Å². The minimum absolute atomic E-state index is 0. The largest absolute Gasteiger partial charge is 0.376 e. The molecule has 1 aliphatic rings. The number of aliphatic imine (C=N–C) groups is 1. The summed E-state index contributed by atoms with van der Waals surface area (Å²) in [6.07, 6.45) is 2.94. The molecule has 2 aromatic rings. The molecule has 2 atom stereocenters. The number of nitrogens with one attached hydrogen (secondary N) is 2. The van der Waals surface area contributed by atoms with E-state index < -0.39 is 0 Å². The van der Waals surface area contributed by atoms with Crippen LogP contribution >= 0.6 is 46.9 Å². The van der Waals surface area contributed by atoms with Gasteiger partial charge in [0.25, 0.3) is 0 Å². The van der Waals surface area contributed by atoms with Crippen LogP contribution in [0.4, 0.5) is 0 Å². The first-order valence-electron chi connectivity index (χ1n) is 10.2. The molecule has 9 heteroatoms. The van der Waals surface area contributed by atoms with Crippen LogP contribution in [0.3, 0.4) is 0 Å². The number of hydrogen-bond donors (Lipinski definition) is 2. The summed E-state index contributed by atoms with van der Waals surface area (Å²) in [5.74, 6) is 0.845. The fraction of sp³-hybridized carbons (Fsp3) is 0.524. The second-order valence-electron chi connectivity index (χ2n) is 7.09. The van der Waals surface area contributed by atoms with Crippen molar-refractivity contribution in [3.05, 3.63) is 51.4 Å². The number of thiophene rings is 1. The van der Waals surface area contributed by atoms with E-state index in [0.29, 0.717) is 11.7 Å². The summed E-state index contributed by atoms with van der Waals surface area (Å²) in [7, 11) is 0. The van der Waals surface area contributed by atoms with E-state index in [-0.39, 0.29) is 36.1 Å². The summed E-state index contributed by atoms with van der Waals surface area (Å²) in [4.78, 5) is 12.9. The number of ether oxygens (including phenoxy) is 1. The average Bonchev–Trinajstić information content (AvgIpc) is 3.24. The van der Waals surface area contributed by atoms with Gasteiger partial charge in [-0.05, 0) is 43.3 Å². The topological polar surface area (TPSA) is 61.8 Å². The summed E-state index contributed by atoms with van der Waals surface area (Å²) in [6, 6.07) is 8.43. The molecule has 0 bridgehead atoms. The molecule has 1 fully saturated rings. The monoisotopic (exact) mass is 563 g/mol. The fourth-order valence-electron chi connectivity index (χ4n) is 3.39. The molecule has 3 rings (SSSR count). The molecule has 0 amide bonds. The molecule has 166 valence electrons. The van der Waals surface area contributed by atoms with E-state index in [2.05, 4.69) is 51.9 Å². The van der Waals surface area contributed by atoms with Crippen LogP contribution in [0.1, 0.15) is 30.3 Å². The molecule has 2 aromatic heterocycles. The van der Waals surface area contributed by atoms with Crippen molar-refractivity contribution in [2.24, 2.45) is 4.99 Å². The zero-order chi connectivity index (χ0) is 20.5. The number of morpholine rings is 1. The summed E-state index contributed by atoms with van der Waals surface area (Å²) >= 11 is 7.65. The average molecular weight is 564 g/mol. The third kappa shape index (κ3) is 7.96. The van der Waals surface area contributed by atoms with Gasteiger partial charge in [0, 0.05) is 37.3 Å². The molecule has 0 aromatic carbocycles. The van der Waals surface area contributed by atoms with Gasteiger partial charge in [0.15, 0.2) is 5.96 Å². The Morgan fingerprint density at radius 1 is 1.40 bits per heavy atom. The number of nitrogens with zero attached hydrogens (tertiary/aromatic N) is 3. The van der Waals surface area contributed by atoms with Gasteiger partial charge in [0.05, 0.1) is 25.3 Å². The van der Waals surface area contributed by atoms with Crippen LogP contribution in [0.5, 0.6) is 0 Å². The van der Waals surface area contributed by atoms with Gasteiger partial charge in [-0.1, -0.05) is 23.7 Å². The lowest BCUT2D eigenvalue weighted by Gasteiger charge is -2.36.